The van der Waals surface area contributed by atoms with Crippen LogP contribution in [0.25, 0.3) is 0 Å². The van der Waals surface area contributed by atoms with E-state index in [1.807, 2.05) is 0 Å². The van der Waals surface area contributed by atoms with Crippen LogP contribution in [-0.4, -0.2) is 18.6 Å². The minimum atomic E-state index is -3.54. The van der Waals surface area contributed by atoms with Crippen LogP contribution in [0.15, 0.2) is 41.6 Å². The first kappa shape index (κ1) is 13.7. The number of nitrogens with zero attached hydrogens (tertiary/aromatic N) is 1. The fourth-order valence-electron chi connectivity index (χ4n) is 1.67. The Bertz CT molecular complexity index is 620. The Morgan fingerprint density at radius 1 is 1.37 bits per heavy atom. The Morgan fingerprint density at radius 3 is 2.58 bits per heavy atom. The molecular weight excluding hydrogens is 264 g/mol. The standard InChI is InChI=1S/C12H16N4O2S/c1-9(11-7-14-15-8-11)16-19(17,18)12-4-2-10(6-13)3-5-12/h2-5,7-9,16H,6,13H2,1H3,(H,14,15). The summed E-state index contributed by atoms with van der Waals surface area (Å²) in [6.07, 6.45) is 3.25. The molecule has 0 aliphatic rings. The molecule has 2 aromatic rings. The first-order chi connectivity index (χ1) is 9.03. The lowest BCUT2D eigenvalue weighted by atomic mass is 10.2. The van der Waals surface area contributed by atoms with Gasteiger partial charge < -0.3 is 5.73 Å². The summed E-state index contributed by atoms with van der Waals surface area (Å²) in [6.45, 7) is 2.15. The highest BCUT2D eigenvalue weighted by molar-refractivity contribution is 7.89. The average Bonchev–Trinajstić information content (AvgIpc) is 2.92. The van der Waals surface area contributed by atoms with E-state index in [1.54, 1.807) is 43.6 Å². The smallest absolute Gasteiger partial charge is 0.241 e. The van der Waals surface area contributed by atoms with Crippen molar-refractivity contribution in [3.63, 3.8) is 0 Å². The second kappa shape index (κ2) is 5.52. The first-order valence-electron chi connectivity index (χ1n) is 5.83. The third-order valence-corrected chi connectivity index (χ3v) is 4.38. The quantitative estimate of drug-likeness (QED) is 0.757. The zero-order valence-corrected chi connectivity index (χ0v) is 11.3. The number of aromatic amines is 1. The molecule has 7 heteroatoms. The van der Waals surface area contributed by atoms with E-state index in [9.17, 15) is 8.42 Å². The predicted molar refractivity (Wildman–Crippen MR) is 71.7 cm³/mol. The molecule has 0 aliphatic heterocycles. The molecule has 0 fully saturated rings. The molecular formula is C12H16N4O2S. The normalized spacial score (nSPS) is 13.4. The molecule has 0 saturated heterocycles. The van der Waals surface area contributed by atoms with Gasteiger partial charge in [0.2, 0.25) is 10.0 Å². The molecule has 1 aromatic carbocycles. The van der Waals surface area contributed by atoms with Crippen molar-refractivity contribution in [1.82, 2.24) is 14.9 Å². The summed E-state index contributed by atoms with van der Waals surface area (Å²) < 4.78 is 26.9. The van der Waals surface area contributed by atoms with E-state index in [4.69, 9.17) is 5.73 Å². The van der Waals surface area contributed by atoms with Crippen molar-refractivity contribution < 1.29 is 8.42 Å². The van der Waals surface area contributed by atoms with Gasteiger partial charge in [0.15, 0.2) is 0 Å². The summed E-state index contributed by atoms with van der Waals surface area (Å²) in [5, 5.41) is 6.45. The van der Waals surface area contributed by atoms with Gasteiger partial charge in [0.05, 0.1) is 11.1 Å². The molecule has 6 nitrogen and oxygen atoms in total. The molecule has 0 amide bonds. The summed E-state index contributed by atoms with van der Waals surface area (Å²) in [5.74, 6) is 0. The number of rotatable bonds is 5. The lowest BCUT2D eigenvalue weighted by Gasteiger charge is -2.12. The van der Waals surface area contributed by atoms with Crippen molar-refractivity contribution in [1.29, 1.82) is 0 Å². The van der Waals surface area contributed by atoms with Gasteiger partial charge in [-0.05, 0) is 24.6 Å². The maximum Gasteiger partial charge on any atom is 0.241 e. The van der Waals surface area contributed by atoms with Crippen LogP contribution in [0.3, 0.4) is 0 Å². The van der Waals surface area contributed by atoms with Gasteiger partial charge in [-0.1, -0.05) is 12.1 Å². The molecule has 0 saturated carbocycles. The fraction of sp³-hybridized carbons (Fsp3) is 0.250. The molecule has 0 spiro atoms. The Hall–Kier alpha value is -1.70. The third-order valence-electron chi connectivity index (χ3n) is 2.82. The second-order valence-corrected chi connectivity index (χ2v) is 5.94. The fourth-order valence-corrected chi connectivity index (χ4v) is 2.90. The van der Waals surface area contributed by atoms with E-state index in [1.165, 1.54) is 0 Å². The van der Waals surface area contributed by atoms with Crippen LogP contribution in [-0.2, 0) is 16.6 Å². The minimum absolute atomic E-state index is 0.222. The number of sulfonamides is 1. The van der Waals surface area contributed by atoms with Gasteiger partial charge in [0.25, 0.3) is 0 Å². The van der Waals surface area contributed by atoms with Crippen LogP contribution in [0.4, 0.5) is 0 Å². The summed E-state index contributed by atoms with van der Waals surface area (Å²) in [7, 11) is -3.54. The highest BCUT2D eigenvalue weighted by atomic mass is 32.2. The van der Waals surface area contributed by atoms with Crippen molar-refractivity contribution in [2.24, 2.45) is 5.73 Å². The van der Waals surface area contributed by atoms with Gasteiger partial charge in [-0.15, -0.1) is 0 Å². The zero-order chi connectivity index (χ0) is 13.9. The van der Waals surface area contributed by atoms with Crippen LogP contribution in [0, 0.1) is 0 Å². The maximum absolute atomic E-state index is 12.2. The lowest BCUT2D eigenvalue weighted by molar-refractivity contribution is 0.567. The number of H-pyrrole nitrogens is 1. The maximum atomic E-state index is 12.2. The van der Waals surface area contributed by atoms with Gasteiger partial charge in [-0.25, -0.2) is 13.1 Å². The molecule has 1 unspecified atom stereocenters. The van der Waals surface area contributed by atoms with Crippen LogP contribution in [0.1, 0.15) is 24.1 Å². The lowest BCUT2D eigenvalue weighted by Crippen LogP contribution is -2.26. The monoisotopic (exact) mass is 280 g/mol. The number of nitrogens with two attached hydrogens (primary N) is 1. The van der Waals surface area contributed by atoms with Crippen LogP contribution < -0.4 is 10.5 Å². The molecule has 2 rings (SSSR count). The predicted octanol–water partition coefficient (Wildman–Crippen LogP) is 0.908. The summed E-state index contributed by atoms with van der Waals surface area (Å²) in [4.78, 5) is 0.222. The molecule has 102 valence electrons. The molecule has 0 aliphatic carbocycles. The summed E-state index contributed by atoms with van der Waals surface area (Å²) in [6, 6.07) is 6.16. The first-order valence-corrected chi connectivity index (χ1v) is 7.31. The van der Waals surface area contributed by atoms with Gasteiger partial charge >= 0.3 is 0 Å². The van der Waals surface area contributed by atoms with Gasteiger partial charge in [-0.2, -0.15) is 5.10 Å². The number of hydrogen-bond acceptors (Lipinski definition) is 4. The molecule has 19 heavy (non-hydrogen) atoms. The van der Waals surface area contributed by atoms with Crippen LogP contribution in [0.2, 0.25) is 0 Å². The van der Waals surface area contributed by atoms with Crippen molar-refractivity contribution >= 4 is 10.0 Å². The summed E-state index contributed by atoms with van der Waals surface area (Å²) in [5.41, 5.74) is 7.15. The highest BCUT2D eigenvalue weighted by Crippen LogP contribution is 2.16. The van der Waals surface area contributed by atoms with Gasteiger partial charge in [0, 0.05) is 24.3 Å². The SMILES string of the molecule is CC(NS(=O)(=O)c1ccc(CN)cc1)c1cn[nH]c1. The highest BCUT2D eigenvalue weighted by Gasteiger charge is 2.18. The Labute approximate surface area is 112 Å². The third kappa shape index (κ3) is 3.19. The van der Waals surface area contributed by atoms with Crippen molar-refractivity contribution in [2.75, 3.05) is 0 Å². The van der Waals surface area contributed by atoms with E-state index >= 15 is 0 Å². The molecule has 0 radical (unpaired) electrons. The van der Waals surface area contributed by atoms with E-state index in [2.05, 4.69) is 14.9 Å². The van der Waals surface area contributed by atoms with Crippen molar-refractivity contribution in [3.05, 3.63) is 47.8 Å². The topological polar surface area (TPSA) is 101 Å². The summed E-state index contributed by atoms with van der Waals surface area (Å²) >= 11 is 0. The molecule has 1 aromatic heterocycles. The van der Waals surface area contributed by atoms with E-state index in [-0.39, 0.29) is 10.9 Å². The second-order valence-electron chi connectivity index (χ2n) is 4.22. The largest absolute Gasteiger partial charge is 0.326 e. The van der Waals surface area contributed by atoms with Crippen molar-refractivity contribution in [2.45, 2.75) is 24.4 Å². The Kier molecular flexibility index (Phi) is 3.98. The minimum Gasteiger partial charge on any atom is -0.326 e. The van der Waals surface area contributed by atoms with Gasteiger partial charge in [0.1, 0.15) is 0 Å². The molecule has 0 bridgehead atoms. The number of benzene rings is 1. The van der Waals surface area contributed by atoms with Crippen molar-refractivity contribution in [3.8, 4) is 0 Å². The van der Waals surface area contributed by atoms with E-state index in [0.717, 1.165) is 11.1 Å². The van der Waals surface area contributed by atoms with E-state index in [0.29, 0.717) is 6.54 Å². The number of nitrogens with one attached hydrogen (secondary N) is 2. The molecule has 1 atom stereocenters. The van der Waals surface area contributed by atoms with Gasteiger partial charge in [-0.3, -0.25) is 5.10 Å². The molecule has 1 heterocycles. The Morgan fingerprint density at radius 2 is 2.05 bits per heavy atom. The number of hydrogen-bond donors (Lipinski definition) is 3. The zero-order valence-electron chi connectivity index (χ0n) is 10.5. The van der Waals surface area contributed by atoms with E-state index < -0.39 is 10.0 Å². The van der Waals surface area contributed by atoms with Crippen LogP contribution in [0.5, 0.6) is 0 Å². The Balaban J connectivity index is 2.17. The van der Waals surface area contributed by atoms with Crippen LogP contribution >= 0.6 is 0 Å². The number of aromatic nitrogens is 2. The molecule has 4 N–H and O–H groups in total. The average molecular weight is 280 g/mol.